The summed E-state index contributed by atoms with van der Waals surface area (Å²) in [5.74, 6) is -0.502. The number of carbonyl (C=O) groups is 1. The standard InChI is InChI=1S/C24H24F3NO3/c25-24(26,27)21-10-15(6-8-19(21)16-4-2-1-3-5-16)14-31-18-7-9-22-20(12-18)17(13-28-22)11-23(29)30/h6-10,12-13,16,28H,1-5,11,14H2,(H,29,30). The monoisotopic (exact) mass is 431 g/mol. The second kappa shape index (κ2) is 8.65. The van der Waals surface area contributed by atoms with Crippen molar-refractivity contribution >= 4 is 16.9 Å². The van der Waals surface area contributed by atoms with E-state index in [1.165, 1.54) is 6.07 Å². The lowest BCUT2D eigenvalue weighted by Crippen LogP contribution is -2.15. The largest absolute Gasteiger partial charge is 0.489 e. The third-order valence-corrected chi connectivity index (χ3v) is 5.95. The molecule has 0 spiro atoms. The molecule has 1 aromatic heterocycles. The number of carboxylic acid groups (broad SMARTS) is 1. The first kappa shape index (κ1) is 21.3. The Morgan fingerprint density at radius 3 is 2.58 bits per heavy atom. The molecule has 0 unspecified atom stereocenters. The van der Waals surface area contributed by atoms with E-state index in [1.54, 1.807) is 36.5 Å². The molecule has 31 heavy (non-hydrogen) atoms. The molecule has 1 aliphatic rings. The molecule has 0 amide bonds. The van der Waals surface area contributed by atoms with Crippen molar-refractivity contribution in [2.45, 2.75) is 57.2 Å². The average Bonchev–Trinajstić information content (AvgIpc) is 3.13. The number of hydrogen-bond acceptors (Lipinski definition) is 2. The number of aromatic amines is 1. The minimum absolute atomic E-state index is 0.00177. The topological polar surface area (TPSA) is 62.3 Å². The molecule has 7 heteroatoms. The fourth-order valence-corrected chi connectivity index (χ4v) is 4.43. The smallest absolute Gasteiger partial charge is 0.416 e. The van der Waals surface area contributed by atoms with Crippen molar-refractivity contribution in [3.63, 3.8) is 0 Å². The lowest BCUT2D eigenvalue weighted by Gasteiger charge is -2.25. The average molecular weight is 431 g/mol. The molecule has 1 aliphatic carbocycles. The van der Waals surface area contributed by atoms with Gasteiger partial charge in [-0.3, -0.25) is 4.79 Å². The van der Waals surface area contributed by atoms with E-state index in [2.05, 4.69) is 4.98 Å². The van der Waals surface area contributed by atoms with Gasteiger partial charge in [0, 0.05) is 17.1 Å². The van der Waals surface area contributed by atoms with Crippen molar-refractivity contribution in [3.05, 3.63) is 64.8 Å². The Balaban J connectivity index is 1.54. The first-order chi connectivity index (χ1) is 14.8. The third kappa shape index (κ3) is 4.86. The maximum atomic E-state index is 13.7. The van der Waals surface area contributed by atoms with E-state index in [1.807, 2.05) is 0 Å². The van der Waals surface area contributed by atoms with E-state index in [-0.39, 0.29) is 18.9 Å². The predicted octanol–water partition coefficient (Wildman–Crippen LogP) is 6.44. The summed E-state index contributed by atoms with van der Waals surface area (Å²) in [5, 5.41) is 9.76. The summed E-state index contributed by atoms with van der Waals surface area (Å²) in [6, 6.07) is 9.72. The highest BCUT2D eigenvalue weighted by molar-refractivity contribution is 5.88. The molecule has 0 aliphatic heterocycles. The summed E-state index contributed by atoms with van der Waals surface area (Å²) in [4.78, 5) is 14.0. The lowest BCUT2D eigenvalue weighted by molar-refractivity contribution is -0.138. The van der Waals surface area contributed by atoms with Gasteiger partial charge >= 0.3 is 12.1 Å². The number of rotatable bonds is 6. The number of ether oxygens (including phenoxy) is 1. The highest BCUT2D eigenvalue weighted by atomic mass is 19.4. The molecule has 1 saturated carbocycles. The van der Waals surface area contributed by atoms with Crippen LogP contribution in [0.3, 0.4) is 0 Å². The lowest BCUT2D eigenvalue weighted by atomic mass is 9.81. The molecule has 0 bridgehead atoms. The van der Waals surface area contributed by atoms with E-state index in [0.717, 1.165) is 43.0 Å². The number of carboxylic acids is 1. The Kier molecular flexibility index (Phi) is 5.94. The minimum Gasteiger partial charge on any atom is -0.489 e. The predicted molar refractivity (Wildman–Crippen MR) is 111 cm³/mol. The highest BCUT2D eigenvalue weighted by Crippen LogP contribution is 2.41. The second-order valence-electron chi connectivity index (χ2n) is 8.13. The van der Waals surface area contributed by atoms with Gasteiger partial charge < -0.3 is 14.8 Å². The van der Waals surface area contributed by atoms with Gasteiger partial charge in [-0.05, 0) is 59.7 Å². The van der Waals surface area contributed by atoms with Gasteiger partial charge in [0.1, 0.15) is 12.4 Å². The van der Waals surface area contributed by atoms with Crippen molar-refractivity contribution in [1.29, 1.82) is 0 Å². The molecule has 164 valence electrons. The number of nitrogens with one attached hydrogen (secondary N) is 1. The zero-order valence-corrected chi connectivity index (χ0v) is 17.0. The van der Waals surface area contributed by atoms with Crippen LogP contribution >= 0.6 is 0 Å². The van der Waals surface area contributed by atoms with Gasteiger partial charge in [0.25, 0.3) is 0 Å². The summed E-state index contributed by atoms with van der Waals surface area (Å²) in [7, 11) is 0. The molecule has 4 nitrogen and oxygen atoms in total. The van der Waals surface area contributed by atoms with Crippen LogP contribution in [0.1, 0.15) is 60.3 Å². The van der Waals surface area contributed by atoms with Crippen LogP contribution in [0.2, 0.25) is 0 Å². The summed E-state index contributed by atoms with van der Waals surface area (Å²) < 4.78 is 47.0. The van der Waals surface area contributed by atoms with Crippen molar-refractivity contribution < 1.29 is 27.8 Å². The second-order valence-corrected chi connectivity index (χ2v) is 8.13. The van der Waals surface area contributed by atoms with Gasteiger partial charge in [0.05, 0.1) is 12.0 Å². The number of H-pyrrole nitrogens is 1. The van der Waals surface area contributed by atoms with Crippen LogP contribution in [-0.2, 0) is 24.0 Å². The van der Waals surface area contributed by atoms with Crippen molar-refractivity contribution in [1.82, 2.24) is 4.98 Å². The molecule has 2 aromatic carbocycles. The maximum absolute atomic E-state index is 13.7. The third-order valence-electron chi connectivity index (χ3n) is 5.95. The number of aromatic nitrogens is 1. The van der Waals surface area contributed by atoms with Crippen LogP contribution in [0.25, 0.3) is 10.9 Å². The van der Waals surface area contributed by atoms with Gasteiger partial charge in [-0.2, -0.15) is 13.2 Å². The zero-order chi connectivity index (χ0) is 22.0. The molecule has 1 heterocycles. The van der Waals surface area contributed by atoms with Crippen molar-refractivity contribution in [2.75, 3.05) is 0 Å². The number of alkyl halides is 3. The molecule has 3 aromatic rings. The highest BCUT2D eigenvalue weighted by Gasteiger charge is 2.35. The summed E-state index contributed by atoms with van der Waals surface area (Å²) in [6.45, 7) is -0.00177. The number of hydrogen-bond donors (Lipinski definition) is 2. The van der Waals surface area contributed by atoms with Crippen LogP contribution in [-0.4, -0.2) is 16.1 Å². The Hall–Kier alpha value is -2.96. The summed E-state index contributed by atoms with van der Waals surface area (Å²) in [6.07, 6.45) is 1.74. The van der Waals surface area contributed by atoms with E-state index < -0.39 is 17.7 Å². The quantitative estimate of drug-likeness (QED) is 0.472. The zero-order valence-electron chi connectivity index (χ0n) is 17.0. The van der Waals surface area contributed by atoms with Crippen LogP contribution in [0.15, 0.2) is 42.6 Å². The van der Waals surface area contributed by atoms with Crippen molar-refractivity contribution in [2.24, 2.45) is 0 Å². The molecule has 2 N–H and O–H groups in total. The Labute approximate surface area is 178 Å². The van der Waals surface area contributed by atoms with Gasteiger partial charge in [0.15, 0.2) is 0 Å². The normalized spacial score (nSPS) is 15.3. The molecular weight excluding hydrogens is 407 g/mol. The molecular formula is C24H24F3NO3. The number of benzene rings is 2. The molecule has 4 rings (SSSR count). The SMILES string of the molecule is O=C(O)Cc1c[nH]c2ccc(OCc3ccc(C4CCCCC4)c(C(F)(F)F)c3)cc12. The van der Waals surface area contributed by atoms with Gasteiger partial charge in [-0.25, -0.2) is 0 Å². The number of aliphatic carboxylic acids is 1. The van der Waals surface area contributed by atoms with Crippen LogP contribution < -0.4 is 4.74 Å². The summed E-state index contributed by atoms with van der Waals surface area (Å²) >= 11 is 0. The van der Waals surface area contributed by atoms with E-state index >= 15 is 0 Å². The Morgan fingerprint density at radius 1 is 1.10 bits per heavy atom. The minimum atomic E-state index is -4.40. The first-order valence-corrected chi connectivity index (χ1v) is 10.5. The Morgan fingerprint density at radius 2 is 1.87 bits per heavy atom. The first-order valence-electron chi connectivity index (χ1n) is 10.5. The van der Waals surface area contributed by atoms with Gasteiger partial charge in [-0.1, -0.05) is 31.4 Å². The molecule has 0 saturated heterocycles. The van der Waals surface area contributed by atoms with Crippen LogP contribution in [0.5, 0.6) is 5.75 Å². The Bertz CT molecular complexity index is 1080. The van der Waals surface area contributed by atoms with Crippen LogP contribution in [0, 0.1) is 0 Å². The van der Waals surface area contributed by atoms with Gasteiger partial charge in [-0.15, -0.1) is 0 Å². The van der Waals surface area contributed by atoms with Crippen molar-refractivity contribution in [3.8, 4) is 5.75 Å². The summed E-state index contributed by atoms with van der Waals surface area (Å²) in [5.41, 5.74) is 1.68. The van der Waals surface area contributed by atoms with Gasteiger partial charge in [0.2, 0.25) is 0 Å². The number of halogens is 3. The fourth-order valence-electron chi connectivity index (χ4n) is 4.43. The molecule has 0 radical (unpaired) electrons. The fraction of sp³-hybridized carbons (Fsp3) is 0.375. The van der Waals surface area contributed by atoms with E-state index in [0.29, 0.717) is 22.4 Å². The van der Waals surface area contributed by atoms with E-state index in [4.69, 9.17) is 9.84 Å². The molecule has 0 atom stereocenters. The van der Waals surface area contributed by atoms with Crippen LogP contribution in [0.4, 0.5) is 13.2 Å². The maximum Gasteiger partial charge on any atom is 0.416 e. The number of fused-ring (bicyclic) bond motifs is 1. The molecule has 1 fully saturated rings. The van der Waals surface area contributed by atoms with E-state index in [9.17, 15) is 18.0 Å².